The molecule has 2 aliphatic carbocycles. The van der Waals surface area contributed by atoms with Crippen molar-refractivity contribution in [1.29, 1.82) is 0 Å². The second-order valence-corrected chi connectivity index (χ2v) is 11.6. The monoisotopic (exact) mass is 475 g/mol. The molecule has 0 aromatic rings. The molecule has 178 valence electrons. The number of methoxy groups -OCH3 is 1. The molecule has 11 heteroatoms. The van der Waals surface area contributed by atoms with Gasteiger partial charge in [0.1, 0.15) is 16.3 Å². The third-order valence-electron chi connectivity index (χ3n) is 6.90. The van der Waals surface area contributed by atoms with Gasteiger partial charge in [-0.15, -0.1) is 11.8 Å². The lowest BCUT2D eigenvalue weighted by atomic mass is 9.81. The highest BCUT2D eigenvalue weighted by atomic mass is 32.2. The third kappa shape index (κ3) is 7.20. The standard InChI is InChI=1S/C20H37N5O4S2/c1-4-13-5-7-14(8-6-13)21-19-23-24-20(31-19)30-11-18(26)22-15-10-17(29-3)16(25(27)28)9-12(15)2/h12-17,19-21,23-24H,4-11H2,1-3H3,(H,22,26). The van der Waals surface area contributed by atoms with Gasteiger partial charge in [-0.1, -0.05) is 32.0 Å². The van der Waals surface area contributed by atoms with Crippen LogP contribution in [0, 0.1) is 22.0 Å². The molecule has 2 saturated carbocycles. The molecule has 0 radical (unpaired) electrons. The molecule has 31 heavy (non-hydrogen) atoms. The SMILES string of the molecule is CCC1CCC(NC2NNC(SCC(=O)NC3CC(OC)C([N+](=O)[O-])CC3C)S2)CC1. The number of hydrogen-bond donors (Lipinski definition) is 4. The Bertz CT molecular complexity index is 608. The molecule has 0 bridgehead atoms. The summed E-state index contributed by atoms with van der Waals surface area (Å²) in [4.78, 5) is 23.5. The maximum Gasteiger partial charge on any atom is 0.239 e. The lowest BCUT2D eigenvalue weighted by Gasteiger charge is -2.35. The number of thioether (sulfide) groups is 2. The van der Waals surface area contributed by atoms with Gasteiger partial charge in [-0.3, -0.25) is 20.2 Å². The van der Waals surface area contributed by atoms with E-state index in [1.807, 2.05) is 6.92 Å². The van der Waals surface area contributed by atoms with Crippen molar-refractivity contribution < 1.29 is 14.5 Å². The molecule has 0 aromatic carbocycles. The zero-order valence-corrected chi connectivity index (χ0v) is 20.3. The zero-order valence-electron chi connectivity index (χ0n) is 18.7. The van der Waals surface area contributed by atoms with Crippen molar-refractivity contribution >= 4 is 29.4 Å². The van der Waals surface area contributed by atoms with Gasteiger partial charge in [-0.05, 0) is 37.5 Å². The van der Waals surface area contributed by atoms with Gasteiger partial charge in [0, 0.05) is 37.0 Å². The number of carbonyl (C=O) groups is 1. The van der Waals surface area contributed by atoms with E-state index in [9.17, 15) is 14.9 Å². The number of hydrogen-bond acceptors (Lipinski definition) is 9. The van der Waals surface area contributed by atoms with Crippen molar-refractivity contribution in [3.05, 3.63) is 10.1 Å². The second kappa shape index (κ2) is 12.0. The van der Waals surface area contributed by atoms with E-state index in [-0.39, 0.29) is 33.0 Å². The van der Waals surface area contributed by atoms with Crippen LogP contribution in [0.3, 0.4) is 0 Å². The molecular weight excluding hydrogens is 438 g/mol. The van der Waals surface area contributed by atoms with Crippen LogP contribution in [-0.2, 0) is 9.53 Å². The average Bonchev–Trinajstić information content (AvgIpc) is 3.21. The van der Waals surface area contributed by atoms with Gasteiger partial charge >= 0.3 is 0 Å². The fourth-order valence-electron chi connectivity index (χ4n) is 4.86. The summed E-state index contributed by atoms with van der Waals surface area (Å²) in [6.45, 7) is 4.24. The molecule has 9 nitrogen and oxygen atoms in total. The van der Waals surface area contributed by atoms with Crippen LogP contribution in [-0.4, -0.2) is 58.1 Å². The van der Waals surface area contributed by atoms with Gasteiger partial charge in [0.25, 0.3) is 0 Å². The molecule has 3 fully saturated rings. The normalized spacial score (nSPS) is 38.7. The van der Waals surface area contributed by atoms with Crippen molar-refractivity contribution in [2.75, 3.05) is 12.9 Å². The molecule has 4 N–H and O–H groups in total. The third-order valence-corrected chi connectivity index (χ3v) is 9.39. The number of ether oxygens (including phenoxy) is 1. The Labute approximate surface area is 193 Å². The zero-order chi connectivity index (χ0) is 22.4. The highest BCUT2D eigenvalue weighted by Gasteiger charge is 2.42. The average molecular weight is 476 g/mol. The van der Waals surface area contributed by atoms with Crippen LogP contribution in [0.5, 0.6) is 0 Å². The molecule has 3 rings (SSSR count). The minimum Gasteiger partial charge on any atom is -0.374 e. The minimum atomic E-state index is -0.700. The van der Waals surface area contributed by atoms with Crippen LogP contribution in [0.15, 0.2) is 0 Å². The first-order valence-corrected chi connectivity index (χ1v) is 13.4. The van der Waals surface area contributed by atoms with Crippen LogP contribution >= 0.6 is 23.5 Å². The first-order valence-electron chi connectivity index (χ1n) is 11.4. The van der Waals surface area contributed by atoms with Crippen molar-refractivity contribution in [2.45, 2.75) is 93.2 Å². The Hall–Kier alpha value is -0.590. The fraction of sp³-hybridized carbons (Fsp3) is 0.950. The van der Waals surface area contributed by atoms with Gasteiger partial charge in [-0.2, -0.15) is 0 Å². The van der Waals surface area contributed by atoms with E-state index in [0.29, 0.717) is 24.6 Å². The number of carbonyl (C=O) groups excluding carboxylic acids is 1. The van der Waals surface area contributed by atoms with Crippen molar-refractivity contribution in [3.8, 4) is 0 Å². The van der Waals surface area contributed by atoms with E-state index in [1.54, 1.807) is 23.5 Å². The molecule has 1 saturated heterocycles. The summed E-state index contributed by atoms with van der Waals surface area (Å²) in [5.41, 5.74) is 6.70. The molecule has 1 aliphatic heterocycles. The van der Waals surface area contributed by atoms with E-state index in [1.165, 1.54) is 39.2 Å². The molecule has 1 heterocycles. The van der Waals surface area contributed by atoms with E-state index in [0.717, 1.165) is 5.92 Å². The number of rotatable bonds is 9. The first-order chi connectivity index (χ1) is 14.9. The quantitative estimate of drug-likeness (QED) is 0.294. The summed E-state index contributed by atoms with van der Waals surface area (Å²) in [5, 5.41) is 18.0. The van der Waals surface area contributed by atoms with Gasteiger partial charge < -0.3 is 10.1 Å². The van der Waals surface area contributed by atoms with E-state index >= 15 is 0 Å². The molecule has 1 amide bonds. The predicted molar refractivity (Wildman–Crippen MR) is 125 cm³/mol. The summed E-state index contributed by atoms with van der Waals surface area (Å²) in [7, 11) is 1.50. The summed E-state index contributed by atoms with van der Waals surface area (Å²) >= 11 is 3.32. The Balaban J connectivity index is 1.35. The maximum absolute atomic E-state index is 12.5. The van der Waals surface area contributed by atoms with E-state index in [4.69, 9.17) is 4.74 Å². The van der Waals surface area contributed by atoms with Gasteiger partial charge in [0.2, 0.25) is 11.9 Å². The maximum atomic E-state index is 12.5. The number of nitrogens with zero attached hydrogens (tertiary/aromatic N) is 1. The van der Waals surface area contributed by atoms with E-state index < -0.39 is 12.1 Å². The first kappa shape index (κ1) is 25.0. The van der Waals surface area contributed by atoms with Gasteiger partial charge in [0.05, 0.1) is 5.75 Å². The molecule has 6 unspecified atom stereocenters. The summed E-state index contributed by atoms with van der Waals surface area (Å²) < 4.78 is 5.43. The molecule has 0 aromatic heterocycles. The van der Waals surface area contributed by atoms with Gasteiger partial charge in [-0.25, -0.2) is 10.9 Å². The largest absolute Gasteiger partial charge is 0.374 e. The van der Waals surface area contributed by atoms with Crippen LogP contribution in [0.4, 0.5) is 0 Å². The smallest absolute Gasteiger partial charge is 0.239 e. The highest BCUT2D eigenvalue weighted by Crippen LogP contribution is 2.31. The lowest BCUT2D eigenvalue weighted by molar-refractivity contribution is -0.540. The Morgan fingerprint density at radius 1 is 1.26 bits per heavy atom. The van der Waals surface area contributed by atoms with Crippen LogP contribution in [0.2, 0.25) is 0 Å². The summed E-state index contributed by atoms with van der Waals surface area (Å²) in [6, 6.07) is -0.232. The molecule has 0 spiro atoms. The summed E-state index contributed by atoms with van der Waals surface area (Å²) in [6.07, 6.45) is 6.80. The Morgan fingerprint density at radius 2 is 2.00 bits per heavy atom. The number of amides is 1. The van der Waals surface area contributed by atoms with Crippen molar-refractivity contribution in [1.82, 2.24) is 21.5 Å². The fourth-order valence-corrected chi connectivity index (χ4v) is 7.04. The lowest BCUT2D eigenvalue weighted by Crippen LogP contribution is -2.52. The second-order valence-electron chi connectivity index (χ2n) is 8.99. The summed E-state index contributed by atoms with van der Waals surface area (Å²) in [5.74, 6) is 1.25. The molecular formula is C20H37N5O4S2. The minimum absolute atomic E-state index is 0.0343. The highest BCUT2D eigenvalue weighted by molar-refractivity contribution is 8.17. The topological polar surface area (TPSA) is 118 Å². The van der Waals surface area contributed by atoms with Crippen molar-refractivity contribution in [3.63, 3.8) is 0 Å². The van der Waals surface area contributed by atoms with Crippen molar-refractivity contribution in [2.24, 2.45) is 11.8 Å². The Kier molecular flexibility index (Phi) is 9.72. The van der Waals surface area contributed by atoms with Crippen LogP contribution in [0.25, 0.3) is 0 Å². The van der Waals surface area contributed by atoms with Crippen LogP contribution in [0.1, 0.15) is 58.8 Å². The number of hydrazine groups is 1. The molecule has 6 atom stereocenters. The Morgan fingerprint density at radius 3 is 2.65 bits per heavy atom. The number of nitrogens with one attached hydrogen (secondary N) is 4. The number of nitro groups is 1. The van der Waals surface area contributed by atoms with Crippen LogP contribution < -0.4 is 21.5 Å². The van der Waals surface area contributed by atoms with Gasteiger partial charge in [0.15, 0.2) is 0 Å². The van der Waals surface area contributed by atoms with E-state index in [2.05, 4.69) is 28.4 Å². The predicted octanol–water partition coefficient (Wildman–Crippen LogP) is 2.26. The molecule has 3 aliphatic rings.